The van der Waals surface area contributed by atoms with Crippen LogP contribution in [-0.4, -0.2) is 24.5 Å². The van der Waals surface area contributed by atoms with Gasteiger partial charge in [0.1, 0.15) is 11.5 Å². The van der Waals surface area contributed by atoms with Gasteiger partial charge in [0.05, 0.1) is 12.3 Å². The van der Waals surface area contributed by atoms with E-state index in [0.717, 1.165) is 25.0 Å². The van der Waals surface area contributed by atoms with Crippen molar-refractivity contribution in [3.8, 4) is 11.5 Å². The third kappa shape index (κ3) is 4.78. The lowest BCUT2D eigenvalue weighted by Crippen LogP contribution is -2.34. The van der Waals surface area contributed by atoms with Gasteiger partial charge in [-0.3, -0.25) is 9.59 Å². The van der Waals surface area contributed by atoms with Gasteiger partial charge in [-0.25, -0.2) is 0 Å². The number of carbonyl (C=O) groups is 2. The first kappa shape index (κ1) is 18.8. The van der Waals surface area contributed by atoms with Gasteiger partial charge >= 0.3 is 0 Å². The second-order valence-electron chi connectivity index (χ2n) is 6.49. The van der Waals surface area contributed by atoms with Gasteiger partial charge in [0.2, 0.25) is 0 Å². The fourth-order valence-electron chi connectivity index (χ4n) is 2.73. The molecule has 6 heteroatoms. The second-order valence-corrected chi connectivity index (χ2v) is 6.49. The lowest BCUT2D eigenvalue weighted by atomic mass is 10.1. The lowest BCUT2D eigenvalue weighted by molar-refractivity contribution is -0.122. The molecule has 142 valence electrons. The van der Waals surface area contributed by atoms with E-state index in [1.165, 1.54) is 0 Å². The van der Waals surface area contributed by atoms with Crippen molar-refractivity contribution in [3.05, 3.63) is 48.0 Å². The van der Waals surface area contributed by atoms with Crippen molar-refractivity contribution in [3.63, 3.8) is 0 Å². The topological polar surface area (TPSA) is 76.7 Å². The molecule has 6 nitrogen and oxygen atoms in total. The van der Waals surface area contributed by atoms with E-state index >= 15 is 0 Å². The van der Waals surface area contributed by atoms with Crippen molar-refractivity contribution in [2.45, 2.75) is 39.2 Å². The van der Waals surface area contributed by atoms with Crippen molar-refractivity contribution in [1.82, 2.24) is 0 Å². The number of benzene rings is 2. The summed E-state index contributed by atoms with van der Waals surface area (Å²) in [6.07, 6.45) is 2.79. The highest BCUT2D eigenvalue weighted by Gasteiger charge is 2.23. The summed E-state index contributed by atoms with van der Waals surface area (Å²) >= 11 is 0. The maximum absolute atomic E-state index is 12.4. The summed E-state index contributed by atoms with van der Waals surface area (Å²) < 4.78 is 11.2. The highest BCUT2D eigenvalue weighted by Crippen LogP contribution is 2.32. The number of ether oxygens (including phenoxy) is 2. The maximum atomic E-state index is 12.4. The summed E-state index contributed by atoms with van der Waals surface area (Å²) in [5.41, 5.74) is 1.66. The third-order valence-corrected chi connectivity index (χ3v) is 4.30. The number of rotatable bonds is 7. The number of anilines is 2. The Balaban J connectivity index is 1.60. The van der Waals surface area contributed by atoms with Crippen LogP contribution in [0.15, 0.2) is 42.5 Å². The number of amides is 2. The summed E-state index contributed by atoms with van der Waals surface area (Å²) in [6, 6.07) is 12.2. The Morgan fingerprint density at radius 3 is 2.70 bits per heavy atom. The quantitative estimate of drug-likeness (QED) is 0.717. The molecule has 0 fully saturated rings. The number of fused-ring (bicyclic) bond motifs is 1. The first-order valence-electron chi connectivity index (χ1n) is 9.22. The van der Waals surface area contributed by atoms with E-state index in [-0.39, 0.29) is 11.8 Å². The van der Waals surface area contributed by atoms with Crippen LogP contribution in [0.4, 0.5) is 11.4 Å². The summed E-state index contributed by atoms with van der Waals surface area (Å²) in [4.78, 5) is 24.2. The minimum Gasteiger partial charge on any atom is -0.494 e. The summed E-state index contributed by atoms with van der Waals surface area (Å²) in [5, 5.41) is 5.59. The van der Waals surface area contributed by atoms with Crippen molar-refractivity contribution in [1.29, 1.82) is 0 Å². The Morgan fingerprint density at radius 1 is 1.19 bits per heavy atom. The Bertz CT molecular complexity index is 817. The van der Waals surface area contributed by atoms with Gasteiger partial charge in [0.25, 0.3) is 11.8 Å². The average molecular weight is 368 g/mol. The number of hydrogen-bond acceptors (Lipinski definition) is 4. The van der Waals surface area contributed by atoms with Crippen LogP contribution in [0, 0.1) is 0 Å². The van der Waals surface area contributed by atoms with Crippen molar-refractivity contribution in [2.24, 2.45) is 0 Å². The maximum Gasteiger partial charge on any atom is 0.265 e. The zero-order valence-corrected chi connectivity index (χ0v) is 15.6. The Labute approximate surface area is 158 Å². The summed E-state index contributed by atoms with van der Waals surface area (Å²) in [6.45, 7) is 4.52. The van der Waals surface area contributed by atoms with E-state index in [0.29, 0.717) is 29.3 Å². The zero-order valence-electron chi connectivity index (χ0n) is 15.6. The highest BCUT2D eigenvalue weighted by molar-refractivity contribution is 6.05. The predicted molar refractivity (Wildman–Crippen MR) is 105 cm³/mol. The van der Waals surface area contributed by atoms with E-state index in [9.17, 15) is 9.59 Å². The summed E-state index contributed by atoms with van der Waals surface area (Å²) in [7, 11) is 0. The molecule has 0 aromatic heterocycles. The molecule has 2 aromatic rings. The second kappa shape index (κ2) is 8.58. The standard InChI is InChI=1S/C21H24N2O4/c1-3-4-5-12-26-17-9-6-15(7-10-17)21(25)22-16-8-11-19-18(13-16)23-20(24)14(2)27-19/h6-11,13-14H,3-5,12H2,1-2H3,(H,22,25)(H,23,24)/t14-/m1/s1. The van der Waals surface area contributed by atoms with E-state index in [1.54, 1.807) is 49.4 Å². The van der Waals surface area contributed by atoms with Crippen LogP contribution in [0.25, 0.3) is 0 Å². The number of nitrogens with one attached hydrogen (secondary N) is 2. The minimum atomic E-state index is -0.527. The van der Waals surface area contributed by atoms with Gasteiger partial charge in [-0.15, -0.1) is 0 Å². The van der Waals surface area contributed by atoms with Gasteiger partial charge in [0, 0.05) is 11.3 Å². The molecule has 1 aliphatic heterocycles. The molecule has 0 bridgehead atoms. The van der Waals surface area contributed by atoms with Crippen molar-refractivity contribution in [2.75, 3.05) is 17.2 Å². The Kier molecular flexibility index (Phi) is 5.96. The van der Waals surface area contributed by atoms with Crippen LogP contribution in [0.3, 0.4) is 0 Å². The first-order chi connectivity index (χ1) is 13.1. The van der Waals surface area contributed by atoms with Gasteiger partial charge in [-0.1, -0.05) is 19.8 Å². The predicted octanol–water partition coefficient (Wildman–Crippen LogP) is 4.23. The monoisotopic (exact) mass is 368 g/mol. The highest BCUT2D eigenvalue weighted by atomic mass is 16.5. The lowest BCUT2D eigenvalue weighted by Gasteiger charge is -2.23. The molecule has 2 amide bonds. The molecule has 3 rings (SSSR count). The van der Waals surface area contributed by atoms with E-state index in [4.69, 9.17) is 9.47 Å². The normalized spacial score (nSPS) is 15.3. The number of hydrogen-bond donors (Lipinski definition) is 2. The summed E-state index contributed by atoms with van der Waals surface area (Å²) in [5.74, 6) is 0.902. The van der Waals surface area contributed by atoms with Crippen LogP contribution < -0.4 is 20.1 Å². The molecular weight excluding hydrogens is 344 g/mol. The van der Waals surface area contributed by atoms with Gasteiger partial charge in [-0.2, -0.15) is 0 Å². The van der Waals surface area contributed by atoms with Gasteiger partial charge < -0.3 is 20.1 Å². The van der Waals surface area contributed by atoms with E-state index in [1.807, 2.05) is 0 Å². The molecule has 0 unspecified atom stereocenters. The van der Waals surface area contributed by atoms with E-state index < -0.39 is 6.10 Å². The minimum absolute atomic E-state index is 0.208. The van der Waals surface area contributed by atoms with Crippen LogP contribution in [0.2, 0.25) is 0 Å². The van der Waals surface area contributed by atoms with Crippen LogP contribution in [-0.2, 0) is 4.79 Å². The van der Waals surface area contributed by atoms with Crippen molar-refractivity contribution < 1.29 is 19.1 Å². The fraction of sp³-hybridized carbons (Fsp3) is 0.333. The molecule has 1 atom stereocenters. The zero-order chi connectivity index (χ0) is 19.2. The first-order valence-corrected chi connectivity index (χ1v) is 9.22. The molecule has 0 spiro atoms. The fourth-order valence-corrected chi connectivity index (χ4v) is 2.73. The third-order valence-electron chi connectivity index (χ3n) is 4.30. The molecule has 1 heterocycles. The van der Waals surface area contributed by atoms with E-state index in [2.05, 4.69) is 17.6 Å². The van der Waals surface area contributed by atoms with Crippen LogP contribution >= 0.6 is 0 Å². The molecule has 1 aliphatic rings. The van der Waals surface area contributed by atoms with Crippen molar-refractivity contribution >= 4 is 23.2 Å². The Morgan fingerprint density at radius 2 is 1.96 bits per heavy atom. The largest absolute Gasteiger partial charge is 0.494 e. The SMILES string of the molecule is CCCCCOc1ccc(C(=O)Nc2ccc3c(c2)NC(=O)[C@@H](C)O3)cc1. The van der Waals surface area contributed by atoms with Crippen LogP contribution in [0.5, 0.6) is 11.5 Å². The Hall–Kier alpha value is -3.02. The number of carbonyl (C=O) groups excluding carboxylic acids is 2. The molecule has 2 N–H and O–H groups in total. The van der Waals surface area contributed by atoms with Gasteiger partial charge in [0.15, 0.2) is 6.10 Å². The van der Waals surface area contributed by atoms with Crippen LogP contribution in [0.1, 0.15) is 43.5 Å². The molecule has 0 saturated carbocycles. The average Bonchev–Trinajstić information content (AvgIpc) is 2.67. The molecule has 0 radical (unpaired) electrons. The van der Waals surface area contributed by atoms with Gasteiger partial charge in [-0.05, 0) is 55.8 Å². The molecular formula is C21H24N2O4. The number of unbranched alkanes of at least 4 members (excludes halogenated alkanes) is 2. The smallest absolute Gasteiger partial charge is 0.265 e. The molecule has 0 aliphatic carbocycles. The molecule has 0 saturated heterocycles. The molecule has 2 aromatic carbocycles. The molecule has 27 heavy (non-hydrogen) atoms.